The second-order valence-electron chi connectivity index (χ2n) is 5.08. The van der Waals surface area contributed by atoms with Crippen molar-refractivity contribution in [3.05, 3.63) is 34.9 Å². The molecule has 0 heterocycles. The third-order valence-electron chi connectivity index (χ3n) is 3.92. The van der Waals surface area contributed by atoms with Gasteiger partial charge in [0.05, 0.1) is 5.41 Å². The molecule has 92 valence electrons. The van der Waals surface area contributed by atoms with Gasteiger partial charge in [0, 0.05) is 0 Å². The average molecular weight is 232 g/mol. The number of nitrogens with one attached hydrogen (secondary N) is 1. The predicted octanol–water partition coefficient (Wildman–Crippen LogP) is 2.11. The third kappa shape index (κ3) is 1.95. The van der Waals surface area contributed by atoms with Crippen molar-refractivity contribution in [1.82, 2.24) is 5.43 Å². The van der Waals surface area contributed by atoms with Crippen molar-refractivity contribution in [2.75, 3.05) is 0 Å². The van der Waals surface area contributed by atoms with E-state index in [1.807, 2.05) is 0 Å². The van der Waals surface area contributed by atoms with Crippen molar-refractivity contribution >= 4 is 5.91 Å². The molecule has 17 heavy (non-hydrogen) atoms. The van der Waals surface area contributed by atoms with Crippen LogP contribution in [0.4, 0.5) is 0 Å². The van der Waals surface area contributed by atoms with E-state index in [-0.39, 0.29) is 5.91 Å². The van der Waals surface area contributed by atoms with Crippen molar-refractivity contribution in [3.63, 3.8) is 0 Å². The van der Waals surface area contributed by atoms with Crippen molar-refractivity contribution in [2.45, 2.75) is 44.9 Å². The predicted molar refractivity (Wildman–Crippen MR) is 68.4 cm³/mol. The van der Waals surface area contributed by atoms with Crippen LogP contribution in [0.15, 0.2) is 18.2 Å². The van der Waals surface area contributed by atoms with Crippen LogP contribution in [0.25, 0.3) is 0 Å². The van der Waals surface area contributed by atoms with Gasteiger partial charge in [-0.05, 0) is 37.8 Å². The van der Waals surface area contributed by atoms with Crippen LogP contribution < -0.4 is 11.3 Å². The van der Waals surface area contributed by atoms with Crippen LogP contribution in [0.2, 0.25) is 0 Å². The van der Waals surface area contributed by atoms with Crippen molar-refractivity contribution < 1.29 is 4.79 Å². The van der Waals surface area contributed by atoms with Crippen molar-refractivity contribution in [3.8, 4) is 0 Å². The number of carbonyl (C=O) groups is 1. The van der Waals surface area contributed by atoms with Crippen LogP contribution in [0, 0.1) is 13.8 Å². The normalized spacial score (nSPS) is 18.1. The van der Waals surface area contributed by atoms with Gasteiger partial charge in [0.2, 0.25) is 5.91 Å². The van der Waals surface area contributed by atoms with E-state index in [1.54, 1.807) is 0 Å². The zero-order valence-electron chi connectivity index (χ0n) is 10.5. The van der Waals surface area contributed by atoms with Crippen LogP contribution >= 0.6 is 0 Å². The molecule has 1 aliphatic carbocycles. The van der Waals surface area contributed by atoms with Gasteiger partial charge in [-0.1, -0.05) is 36.6 Å². The fraction of sp³-hybridized carbons (Fsp3) is 0.500. The molecular weight excluding hydrogens is 212 g/mol. The highest BCUT2D eigenvalue weighted by molar-refractivity contribution is 5.88. The summed E-state index contributed by atoms with van der Waals surface area (Å²) < 4.78 is 0. The maximum atomic E-state index is 12.1. The van der Waals surface area contributed by atoms with Gasteiger partial charge in [-0.15, -0.1) is 0 Å². The van der Waals surface area contributed by atoms with E-state index in [2.05, 4.69) is 37.5 Å². The molecule has 1 aromatic carbocycles. The van der Waals surface area contributed by atoms with E-state index >= 15 is 0 Å². The SMILES string of the molecule is Cc1ccc(C2(C(=O)NN)CCCC2)c(C)c1. The number of rotatable bonds is 2. The first-order valence-electron chi connectivity index (χ1n) is 6.19. The van der Waals surface area contributed by atoms with E-state index in [4.69, 9.17) is 5.84 Å². The van der Waals surface area contributed by atoms with E-state index in [9.17, 15) is 4.79 Å². The average Bonchev–Trinajstić information content (AvgIpc) is 2.78. The van der Waals surface area contributed by atoms with Crippen LogP contribution in [0.3, 0.4) is 0 Å². The molecule has 2 rings (SSSR count). The van der Waals surface area contributed by atoms with Crippen LogP contribution in [0.1, 0.15) is 42.4 Å². The molecule has 1 fully saturated rings. The molecule has 1 aromatic rings. The Morgan fingerprint density at radius 2 is 1.94 bits per heavy atom. The summed E-state index contributed by atoms with van der Waals surface area (Å²) in [5, 5.41) is 0. The Hall–Kier alpha value is -1.35. The standard InChI is InChI=1S/C14H20N2O/c1-10-5-6-12(11(2)9-10)14(13(17)16-15)7-3-4-8-14/h5-6,9H,3-4,7-8,15H2,1-2H3,(H,16,17). The Morgan fingerprint density at radius 3 is 2.47 bits per heavy atom. The number of nitrogens with two attached hydrogens (primary N) is 1. The number of benzene rings is 1. The lowest BCUT2D eigenvalue weighted by atomic mass is 9.76. The Balaban J connectivity index is 2.49. The monoisotopic (exact) mass is 232 g/mol. The van der Waals surface area contributed by atoms with Gasteiger partial charge in [-0.25, -0.2) is 5.84 Å². The summed E-state index contributed by atoms with van der Waals surface area (Å²) in [6, 6.07) is 6.30. The lowest BCUT2D eigenvalue weighted by Gasteiger charge is -2.29. The molecule has 3 nitrogen and oxygen atoms in total. The number of hydrazine groups is 1. The van der Waals surface area contributed by atoms with E-state index in [1.165, 1.54) is 11.1 Å². The molecule has 3 heteroatoms. The van der Waals surface area contributed by atoms with E-state index in [0.717, 1.165) is 31.2 Å². The summed E-state index contributed by atoms with van der Waals surface area (Å²) in [5.74, 6) is 5.31. The van der Waals surface area contributed by atoms with Gasteiger partial charge in [0.25, 0.3) is 0 Å². The Kier molecular flexibility index (Phi) is 3.20. The zero-order chi connectivity index (χ0) is 12.5. The number of hydrogen-bond donors (Lipinski definition) is 2. The summed E-state index contributed by atoms with van der Waals surface area (Å²) in [7, 11) is 0. The van der Waals surface area contributed by atoms with E-state index in [0.29, 0.717) is 0 Å². The number of amides is 1. The molecule has 3 N–H and O–H groups in total. The van der Waals surface area contributed by atoms with E-state index < -0.39 is 5.41 Å². The maximum Gasteiger partial charge on any atom is 0.244 e. The summed E-state index contributed by atoms with van der Waals surface area (Å²) >= 11 is 0. The molecular formula is C14H20N2O. The van der Waals surface area contributed by atoms with Crippen LogP contribution in [-0.2, 0) is 10.2 Å². The molecule has 1 aliphatic rings. The minimum Gasteiger partial charge on any atom is -0.293 e. The summed E-state index contributed by atoms with van der Waals surface area (Å²) in [4.78, 5) is 12.1. The summed E-state index contributed by atoms with van der Waals surface area (Å²) in [5.41, 5.74) is 5.51. The summed E-state index contributed by atoms with van der Waals surface area (Å²) in [6.45, 7) is 4.15. The molecule has 1 amide bonds. The molecule has 0 bridgehead atoms. The summed E-state index contributed by atoms with van der Waals surface area (Å²) in [6.07, 6.45) is 4.00. The first kappa shape index (κ1) is 12.1. The highest BCUT2D eigenvalue weighted by Gasteiger charge is 2.43. The first-order valence-corrected chi connectivity index (χ1v) is 6.19. The lowest BCUT2D eigenvalue weighted by molar-refractivity contribution is -0.126. The lowest BCUT2D eigenvalue weighted by Crippen LogP contribution is -2.46. The largest absolute Gasteiger partial charge is 0.293 e. The maximum absolute atomic E-state index is 12.1. The molecule has 0 aromatic heterocycles. The second kappa shape index (κ2) is 4.49. The van der Waals surface area contributed by atoms with Crippen LogP contribution in [0.5, 0.6) is 0 Å². The molecule has 0 aliphatic heterocycles. The van der Waals surface area contributed by atoms with Crippen molar-refractivity contribution in [2.24, 2.45) is 5.84 Å². The Labute approximate surface area is 102 Å². The van der Waals surface area contributed by atoms with Crippen molar-refractivity contribution in [1.29, 1.82) is 0 Å². The third-order valence-corrected chi connectivity index (χ3v) is 3.92. The van der Waals surface area contributed by atoms with Gasteiger partial charge in [0.15, 0.2) is 0 Å². The molecule has 1 saturated carbocycles. The number of hydrogen-bond acceptors (Lipinski definition) is 2. The molecule has 0 spiro atoms. The highest BCUT2D eigenvalue weighted by Crippen LogP contribution is 2.42. The zero-order valence-corrected chi connectivity index (χ0v) is 10.5. The fourth-order valence-electron chi connectivity index (χ4n) is 3.09. The van der Waals surface area contributed by atoms with Gasteiger partial charge >= 0.3 is 0 Å². The second-order valence-corrected chi connectivity index (χ2v) is 5.08. The molecule has 0 saturated heterocycles. The Morgan fingerprint density at radius 1 is 1.29 bits per heavy atom. The number of aryl methyl sites for hydroxylation is 2. The first-order chi connectivity index (χ1) is 8.10. The topological polar surface area (TPSA) is 55.1 Å². The van der Waals surface area contributed by atoms with Gasteiger partial charge in [0.1, 0.15) is 0 Å². The fourth-order valence-corrected chi connectivity index (χ4v) is 3.09. The van der Waals surface area contributed by atoms with Crippen LogP contribution in [-0.4, -0.2) is 5.91 Å². The number of carbonyl (C=O) groups excluding carboxylic acids is 1. The Bertz CT molecular complexity index is 434. The molecule has 0 radical (unpaired) electrons. The highest BCUT2D eigenvalue weighted by atomic mass is 16.2. The van der Waals surface area contributed by atoms with Gasteiger partial charge in [-0.2, -0.15) is 0 Å². The minimum atomic E-state index is -0.396. The molecule has 0 atom stereocenters. The smallest absolute Gasteiger partial charge is 0.244 e. The van der Waals surface area contributed by atoms with Gasteiger partial charge in [-0.3, -0.25) is 10.2 Å². The molecule has 0 unspecified atom stereocenters. The van der Waals surface area contributed by atoms with Gasteiger partial charge < -0.3 is 0 Å². The minimum absolute atomic E-state index is 0.0399. The quantitative estimate of drug-likeness (QED) is 0.466.